The Morgan fingerprint density at radius 1 is 1.12 bits per heavy atom. The third kappa shape index (κ3) is 5.90. The van der Waals surface area contributed by atoms with Crippen LogP contribution in [0.1, 0.15) is 32.6 Å². The molecule has 26 heavy (non-hydrogen) atoms. The fourth-order valence-corrected chi connectivity index (χ4v) is 4.09. The lowest BCUT2D eigenvalue weighted by Crippen LogP contribution is -2.42. The maximum absolute atomic E-state index is 12.1. The van der Waals surface area contributed by atoms with Crippen LogP contribution in [0.2, 0.25) is 0 Å². The van der Waals surface area contributed by atoms with E-state index in [0.717, 1.165) is 39.1 Å². The van der Waals surface area contributed by atoms with E-state index in [4.69, 9.17) is 0 Å². The van der Waals surface area contributed by atoms with Crippen molar-refractivity contribution in [2.45, 2.75) is 32.6 Å². The molecule has 0 saturated carbocycles. The van der Waals surface area contributed by atoms with E-state index in [2.05, 4.69) is 57.7 Å². The molecule has 0 unspecified atom stereocenters. The Morgan fingerprint density at radius 2 is 1.88 bits per heavy atom. The van der Waals surface area contributed by atoms with Gasteiger partial charge in [-0.15, -0.1) is 0 Å². The number of amides is 2. The molecule has 2 atom stereocenters. The lowest BCUT2D eigenvalue weighted by Gasteiger charge is -2.29. The minimum absolute atomic E-state index is 0.0198. The second-order valence-corrected chi connectivity index (χ2v) is 7.99. The fraction of sp³-hybridized carbons (Fsp3) is 0.667. The number of anilines is 1. The number of likely N-dealkylation sites (tertiary alicyclic amines) is 1. The van der Waals surface area contributed by atoms with Gasteiger partial charge in [-0.1, -0.05) is 31.5 Å². The number of carbonyl (C=O) groups excluding carboxylic acids is 1. The van der Waals surface area contributed by atoms with Gasteiger partial charge in [0, 0.05) is 38.4 Å². The minimum Gasteiger partial charge on any atom is -0.371 e. The zero-order valence-corrected chi connectivity index (χ0v) is 16.1. The fourth-order valence-electron chi connectivity index (χ4n) is 4.09. The van der Waals surface area contributed by atoms with E-state index in [1.807, 2.05) is 0 Å². The van der Waals surface area contributed by atoms with Gasteiger partial charge in [-0.2, -0.15) is 0 Å². The Bertz CT molecular complexity index is 544. The molecular formula is C21H34N4O. The smallest absolute Gasteiger partial charge is 0.314 e. The van der Waals surface area contributed by atoms with Gasteiger partial charge in [-0.25, -0.2) is 4.79 Å². The standard InChI is InChI=1S/C21H34N4O/c1-18(16-24-11-6-3-7-12-24)14-22-21(26)23-15-19-10-13-25(17-19)20-8-4-2-5-9-20/h2,4-5,8-9,18-19H,3,6-7,10-17H2,1H3,(H2,22,23,26)/t18-,19+/m0/s1. The monoisotopic (exact) mass is 358 g/mol. The van der Waals surface area contributed by atoms with Crippen molar-refractivity contribution in [3.05, 3.63) is 30.3 Å². The van der Waals surface area contributed by atoms with Crippen molar-refractivity contribution in [3.63, 3.8) is 0 Å². The number of rotatable bonds is 7. The third-order valence-corrected chi connectivity index (χ3v) is 5.59. The highest BCUT2D eigenvalue weighted by molar-refractivity contribution is 5.73. The van der Waals surface area contributed by atoms with E-state index in [-0.39, 0.29) is 6.03 Å². The van der Waals surface area contributed by atoms with Gasteiger partial charge in [0.25, 0.3) is 0 Å². The van der Waals surface area contributed by atoms with Gasteiger partial charge in [0.2, 0.25) is 0 Å². The molecule has 3 rings (SSSR count). The van der Waals surface area contributed by atoms with E-state index < -0.39 is 0 Å². The highest BCUT2D eigenvalue weighted by atomic mass is 16.2. The molecule has 0 aliphatic carbocycles. The van der Waals surface area contributed by atoms with Crippen LogP contribution in [0.15, 0.2) is 30.3 Å². The molecule has 2 heterocycles. The number of urea groups is 1. The number of carbonyl (C=O) groups is 1. The molecule has 144 valence electrons. The van der Waals surface area contributed by atoms with Crippen LogP contribution in [0.4, 0.5) is 10.5 Å². The first kappa shape index (κ1) is 19.0. The summed E-state index contributed by atoms with van der Waals surface area (Å²) in [4.78, 5) is 17.0. The Morgan fingerprint density at radius 3 is 2.65 bits per heavy atom. The lowest BCUT2D eigenvalue weighted by atomic mass is 10.1. The number of para-hydroxylation sites is 1. The maximum Gasteiger partial charge on any atom is 0.314 e. The third-order valence-electron chi connectivity index (χ3n) is 5.59. The van der Waals surface area contributed by atoms with E-state index in [1.54, 1.807) is 0 Å². The highest BCUT2D eigenvalue weighted by Crippen LogP contribution is 2.22. The molecule has 1 aromatic carbocycles. The molecule has 2 N–H and O–H groups in total. The topological polar surface area (TPSA) is 47.6 Å². The van der Waals surface area contributed by atoms with Crippen molar-refractivity contribution in [3.8, 4) is 0 Å². The summed E-state index contributed by atoms with van der Waals surface area (Å²) in [6, 6.07) is 10.5. The molecule has 2 saturated heterocycles. The zero-order chi connectivity index (χ0) is 18.2. The van der Waals surface area contributed by atoms with Gasteiger partial charge in [0.05, 0.1) is 0 Å². The van der Waals surface area contributed by atoms with E-state index in [0.29, 0.717) is 11.8 Å². The van der Waals surface area contributed by atoms with Crippen LogP contribution in [0.3, 0.4) is 0 Å². The summed E-state index contributed by atoms with van der Waals surface area (Å²) in [5.74, 6) is 1.03. The lowest BCUT2D eigenvalue weighted by molar-refractivity contribution is 0.197. The van der Waals surface area contributed by atoms with Crippen molar-refractivity contribution < 1.29 is 4.79 Å². The van der Waals surface area contributed by atoms with Crippen LogP contribution in [0.5, 0.6) is 0 Å². The summed E-state index contributed by atoms with van der Waals surface area (Å²) in [6.45, 7) is 9.37. The molecule has 5 nitrogen and oxygen atoms in total. The molecule has 0 bridgehead atoms. The first-order valence-corrected chi connectivity index (χ1v) is 10.2. The number of piperidine rings is 1. The van der Waals surface area contributed by atoms with Crippen LogP contribution >= 0.6 is 0 Å². The minimum atomic E-state index is -0.0198. The highest BCUT2D eigenvalue weighted by Gasteiger charge is 2.23. The van der Waals surface area contributed by atoms with Crippen molar-refractivity contribution in [2.75, 3.05) is 50.7 Å². The van der Waals surface area contributed by atoms with Gasteiger partial charge in [0.15, 0.2) is 0 Å². The second-order valence-electron chi connectivity index (χ2n) is 7.99. The summed E-state index contributed by atoms with van der Waals surface area (Å²) >= 11 is 0. The Labute approximate surface area is 158 Å². The van der Waals surface area contributed by atoms with Crippen molar-refractivity contribution in [1.82, 2.24) is 15.5 Å². The predicted octanol–water partition coefficient (Wildman–Crippen LogP) is 2.93. The summed E-state index contributed by atoms with van der Waals surface area (Å²) in [5, 5.41) is 6.11. The first-order chi connectivity index (χ1) is 12.7. The average molecular weight is 359 g/mol. The van der Waals surface area contributed by atoms with Gasteiger partial charge in [0.1, 0.15) is 0 Å². The van der Waals surface area contributed by atoms with Crippen LogP contribution in [0, 0.1) is 11.8 Å². The van der Waals surface area contributed by atoms with Gasteiger partial charge >= 0.3 is 6.03 Å². The normalized spacial score (nSPS) is 22.2. The Hall–Kier alpha value is -1.75. The number of hydrogen-bond donors (Lipinski definition) is 2. The SMILES string of the molecule is C[C@@H](CNC(=O)NC[C@H]1CCN(c2ccccc2)C1)CN1CCCCC1. The molecule has 1 aromatic rings. The molecule has 0 spiro atoms. The average Bonchev–Trinajstić information content (AvgIpc) is 3.15. The van der Waals surface area contributed by atoms with E-state index >= 15 is 0 Å². The van der Waals surface area contributed by atoms with Crippen LogP contribution < -0.4 is 15.5 Å². The van der Waals surface area contributed by atoms with Crippen molar-refractivity contribution in [1.29, 1.82) is 0 Å². The molecule has 2 aliphatic rings. The van der Waals surface area contributed by atoms with Crippen molar-refractivity contribution >= 4 is 11.7 Å². The summed E-state index contributed by atoms with van der Waals surface area (Å²) in [5.41, 5.74) is 1.28. The summed E-state index contributed by atoms with van der Waals surface area (Å²) in [7, 11) is 0. The van der Waals surface area contributed by atoms with E-state index in [1.165, 1.54) is 38.0 Å². The van der Waals surface area contributed by atoms with Gasteiger partial charge < -0.3 is 20.4 Å². The number of nitrogens with zero attached hydrogens (tertiary/aromatic N) is 2. The summed E-state index contributed by atoms with van der Waals surface area (Å²) < 4.78 is 0. The molecule has 5 heteroatoms. The summed E-state index contributed by atoms with van der Waals surface area (Å²) in [6.07, 6.45) is 5.15. The first-order valence-electron chi connectivity index (χ1n) is 10.2. The van der Waals surface area contributed by atoms with Gasteiger partial charge in [-0.3, -0.25) is 0 Å². The molecular weight excluding hydrogens is 324 g/mol. The number of hydrogen-bond acceptors (Lipinski definition) is 3. The molecule has 2 amide bonds. The maximum atomic E-state index is 12.1. The number of nitrogens with one attached hydrogen (secondary N) is 2. The van der Waals surface area contributed by atoms with Crippen LogP contribution in [-0.2, 0) is 0 Å². The molecule has 0 aromatic heterocycles. The molecule has 0 radical (unpaired) electrons. The molecule has 2 aliphatic heterocycles. The zero-order valence-electron chi connectivity index (χ0n) is 16.1. The van der Waals surface area contributed by atoms with E-state index in [9.17, 15) is 4.79 Å². The Balaban J connectivity index is 1.29. The predicted molar refractivity (Wildman–Crippen MR) is 108 cm³/mol. The number of benzene rings is 1. The van der Waals surface area contributed by atoms with Crippen LogP contribution in [-0.4, -0.2) is 56.7 Å². The van der Waals surface area contributed by atoms with Gasteiger partial charge in [-0.05, 0) is 56.3 Å². The Kier molecular flexibility index (Phi) is 7.18. The molecule has 2 fully saturated rings. The van der Waals surface area contributed by atoms with Crippen molar-refractivity contribution in [2.24, 2.45) is 11.8 Å². The van der Waals surface area contributed by atoms with Crippen LogP contribution in [0.25, 0.3) is 0 Å². The second kappa shape index (κ2) is 9.81. The quantitative estimate of drug-likeness (QED) is 0.788. The largest absolute Gasteiger partial charge is 0.371 e.